The largest absolute Gasteiger partial charge is 0.380 e. The molecule has 0 amide bonds. The Labute approximate surface area is 113 Å². The summed E-state index contributed by atoms with van der Waals surface area (Å²) in [4.78, 5) is 0. The molecule has 0 aliphatic rings. The van der Waals surface area contributed by atoms with Gasteiger partial charge in [-0.1, -0.05) is 41.9 Å². The molecule has 0 unspecified atom stereocenters. The zero-order chi connectivity index (χ0) is 12.7. The molecule has 1 aromatic carbocycles. The summed E-state index contributed by atoms with van der Waals surface area (Å²) in [6.07, 6.45) is 0. The van der Waals surface area contributed by atoms with Crippen molar-refractivity contribution in [3.8, 4) is 0 Å². The van der Waals surface area contributed by atoms with Gasteiger partial charge in [-0.2, -0.15) is 0 Å². The first-order chi connectivity index (χ1) is 8.09. The van der Waals surface area contributed by atoms with Crippen LogP contribution in [0, 0.1) is 12.8 Å². The van der Waals surface area contributed by atoms with Crippen molar-refractivity contribution in [3.63, 3.8) is 0 Å². The molecule has 1 rings (SSSR count). The van der Waals surface area contributed by atoms with Gasteiger partial charge in [-0.05, 0) is 30.0 Å². The quantitative estimate of drug-likeness (QED) is 0.778. The lowest BCUT2D eigenvalue weighted by atomic mass is 10.1. The summed E-state index contributed by atoms with van der Waals surface area (Å²) in [5.74, 6) is 0.615. The molecule has 0 aliphatic carbocycles. The highest BCUT2D eigenvalue weighted by Crippen LogP contribution is 2.16. The summed E-state index contributed by atoms with van der Waals surface area (Å²) in [7, 11) is 0. The molecular weight excluding hydrogens is 278 g/mol. The molecule has 0 spiro atoms. The van der Waals surface area contributed by atoms with Crippen LogP contribution in [0.3, 0.4) is 0 Å². The van der Waals surface area contributed by atoms with E-state index in [0.717, 1.165) is 26.3 Å². The predicted octanol–water partition coefficient (Wildman–Crippen LogP) is 3.52. The van der Waals surface area contributed by atoms with Gasteiger partial charge in [0.1, 0.15) is 0 Å². The number of halogens is 1. The number of nitrogens with one attached hydrogen (secondary N) is 1. The molecule has 0 saturated carbocycles. The highest BCUT2D eigenvalue weighted by atomic mass is 79.9. The minimum absolute atomic E-state index is 0.615. The smallest absolute Gasteiger partial charge is 0.0591 e. The molecule has 96 valence electrons. The van der Waals surface area contributed by atoms with Crippen LogP contribution in [0.1, 0.15) is 25.0 Å². The van der Waals surface area contributed by atoms with Crippen molar-refractivity contribution >= 4 is 15.9 Å². The summed E-state index contributed by atoms with van der Waals surface area (Å²) in [5, 5.41) is 3.38. The highest BCUT2D eigenvalue weighted by Gasteiger charge is 1.97. The van der Waals surface area contributed by atoms with Gasteiger partial charge in [0.25, 0.3) is 0 Å². The van der Waals surface area contributed by atoms with Crippen LogP contribution in [-0.2, 0) is 11.3 Å². The van der Waals surface area contributed by atoms with Gasteiger partial charge in [0, 0.05) is 24.2 Å². The normalized spacial score (nSPS) is 11.1. The fourth-order valence-electron chi connectivity index (χ4n) is 1.51. The monoisotopic (exact) mass is 299 g/mol. The molecular formula is C14H22BrNO. The fourth-order valence-corrected chi connectivity index (χ4v) is 1.76. The summed E-state index contributed by atoms with van der Waals surface area (Å²) < 4.78 is 6.67. The van der Waals surface area contributed by atoms with Crippen LogP contribution < -0.4 is 5.32 Å². The van der Waals surface area contributed by atoms with E-state index in [9.17, 15) is 0 Å². The average molecular weight is 300 g/mol. The summed E-state index contributed by atoms with van der Waals surface area (Å²) in [6.45, 7) is 9.88. The lowest BCUT2D eigenvalue weighted by Gasteiger charge is -2.08. The summed E-state index contributed by atoms with van der Waals surface area (Å²) in [5.41, 5.74) is 2.59. The highest BCUT2D eigenvalue weighted by molar-refractivity contribution is 9.10. The van der Waals surface area contributed by atoms with E-state index in [-0.39, 0.29) is 0 Å². The Morgan fingerprint density at radius 2 is 2.12 bits per heavy atom. The maximum absolute atomic E-state index is 5.51. The maximum Gasteiger partial charge on any atom is 0.0591 e. The van der Waals surface area contributed by atoms with E-state index in [1.807, 2.05) is 0 Å². The van der Waals surface area contributed by atoms with Crippen LogP contribution in [-0.4, -0.2) is 19.8 Å². The zero-order valence-electron chi connectivity index (χ0n) is 10.9. The standard InChI is InChI=1S/C14H22BrNO/c1-11(2)10-17-7-6-16-9-13-4-5-14(15)12(3)8-13/h4-5,8,11,16H,6-7,9-10H2,1-3H3. The molecule has 0 aromatic heterocycles. The first-order valence-electron chi connectivity index (χ1n) is 6.13. The van der Waals surface area contributed by atoms with Gasteiger partial charge in [-0.3, -0.25) is 0 Å². The van der Waals surface area contributed by atoms with Crippen LogP contribution >= 0.6 is 15.9 Å². The molecule has 0 bridgehead atoms. The van der Waals surface area contributed by atoms with Gasteiger partial charge < -0.3 is 10.1 Å². The SMILES string of the molecule is Cc1cc(CNCCOCC(C)C)ccc1Br. The molecule has 0 saturated heterocycles. The van der Waals surface area contributed by atoms with E-state index >= 15 is 0 Å². The third kappa shape index (κ3) is 6.20. The van der Waals surface area contributed by atoms with Crippen molar-refractivity contribution < 1.29 is 4.74 Å². The summed E-state index contributed by atoms with van der Waals surface area (Å²) >= 11 is 3.50. The van der Waals surface area contributed by atoms with Crippen LogP contribution in [0.15, 0.2) is 22.7 Å². The zero-order valence-corrected chi connectivity index (χ0v) is 12.5. The molecule has 0 aliphatic heterocycles. The van der Waals surface area contributed by atoms with Gasteiger partial charge in [-0.25, -0.2) is 0 Å². The fraction of sp³-hybridized carbons (Fsp3) is 0.571. The topological polar surface area (TPSA) is 21.3 Å². The van der Waals surface area contributed by atoms with Gasteiger partial charge in [0.05, 0.1) is 6.61 Å². The van der Waals surface area contributed by atoms with Crippen molar-refractivity contribution in [1.29, 1.82) is 0 Å². The third-order valence-electron chi connectivity index (χ3n) is 2.43. The molecule has 17 heavy (non-hydrogen) atoms. The first kappa shape index (κ1) is 14.7. The van der Waals surface area contributed by atoms with Crippen LogP contribution in [0.2, 0.25) is 0 Å². The third-order valence-corrected chi connectivity index (χ3v) is 3.32. The number of rotatable bonds is 7. The second-order valence-electron chi connectivity index (χ2n) is 4.73. The molecule has 0 fully saturated rings. The van der Waals surface area contributed by atoms with E-state index in [1.165, 1.54) is 15.6 Å². The second kappa shape index (κ2) is 7.85. The van der Waals surface area contributed by atoms with Crippen molar-refractivity contribution in [2.24, 2.45) is 5.92 Å². The number of hydrogen-bond acceptors (Lipinski definition) is 2. The van der Waals surface area contributed by atoms with Gasteiger partial charge in [0.2, 0.25) is 0 Å². The first-order valence-corrected chi connectivity index (χ1v) is 6.92. The van der Waals surface area contributed by atoms with E-state index in [1.54, 1.807) is 0 Å². The average Bonchev–Trinajstić information content (AvgIpc) is 2.27. The van der Waals surface area contributed by atoms with Crippen molar-refractivity contribution in [1.82, 2.24) is 5.32 Å². The van der Waals surface area contributed by atoms with Gasteiger partial charge >= 0.3 is 0 Å². The number of aryl methyl sites for hydroxylation is 1. The van der Waals surface area contributed by atoms with Crippen molar-refractivity contribution in [3.05, 3.63) is 33.8 Å². The maximum atomic E-state index is 5.51. The van der Waals surface area contributed by atoms with Crippen molar-refractivity contribution in [2.45, 2.75) is 27.3 Å². The number of benzene rings is 1. The Morgan fingerprint density at radius 3 is 2.76 bits per heavy atom. The molecule has 0 heterocycles. The molecule has 0 radical (unpaired) electrons. The predicted molar refractivity (Wildman–Crippen MR) is 76.2 cm³/mol. The minimum atomic E-state index is 0.615. The molecule has 1 N–H and O–H groups in total. The number of ether oxygens (including phenoxy) is 1. The molecule has 3 heteroatoms. The van der Waals surface area contributed by atoms with Gasteiger partial charge in [0.15, 0.2) is 0 Å². The molecule has 1 aromatic rings. The number of hydrogen-bond donors (Lipinski definition) is 1. The van der Waals surface area contributed by atoms with E-state index in [2.05, 4.69) is 60.2 Å². The summed E-state index contributed by atoms with van der Waals surface area (Å²) in [6, 6.07) is 6.44. The van der Waals surface area contributed by atoms with Crippen molar-refractivity contribution in [2.75, 3.05) is 19.8 Å². The molecule has 2 nitrogen and oxygen atoms in total. The minimum Gasteiger partial charge on any atom is -0.380 e. The Morgan fingerprint density at radius 1 is 1.35 bits per heavy atom. The Hall–Kier alpha value is -0.380. The van der Waals surface area contributed by atoms with E-state index < -0.39 is 0 Å². The lowest BCUT2D eigenvalue weighted by Crippen LogP contribution is -2.20. The van der Waals surface area contributed by atoms with E-state index in [0.29, 0.717) is 5.92 Å². The van der Waals surface area contributed by atoms with E-state index in [4.69, 9.17) is 4.74 Å². The Bertz CT molecular complexity index is 339. The van der Waals surface area contributed by atoms with Crippen LogP contribution in [0.25, 0.3) is 0 Å². The second-order valence-corrected chi connectivity index (χ2v) is 5.58. The molecule has 0 atom stereocenters. The van der Waals surface area contributed by atoms with Crippen LogP contribution in [0.4, 0.5) is 0 Å². The Kier molecular flexibility index (Phi) is 6.78. The lowest BCUT2D eigenvalue weighted by molar-refractivity contribution is 0.111. The Balaban J connectivity index is 2.16. The van der Waals surface area contributed by atoms with Gasteiger partial charge in [-0.15, -0.1) is 0 Å². The van der Waals surface area contributed by atoms with Crippen LogP contribution in [0.5, 0.6) is 0 Å².